The summed E-state index contributed by atoms with van der Waals surface area (Å²) in [6.07, 6.45) is 3.52. The summed E-state index contributed by atoms with van der Waals surface area (Å²) in [6.45, 7) is 4.84. The fraction of sp³-hybridized carbons (Fsp3) is 0.533. The molecule has 0 bridgehead atoms. The van der Waals surface area contributed by atoms with Crippen LogP contribution < -0.4 is 5.32 Å². The first kappa shape index (κ1) is 15.7. The minimum atomic E-state index is -0.300. The van der Waals surface area contributed by atoms with Gasteiger partial charge >= 0.3 is 0 Å². The van der Waals surface area contributed by atoms with Crippen molar-refractivity contribution in [2.45, 2.75) is 26.1 Å². The van der Waals surface area contributed by atoms with Crippen LogP contribution in [0.2, 0.25) is 0 Å². The molecule has 8 nitrogen and oxygen atoms in total. The zero-order chi connectivity index (χ0) is 16.2. The van der Waals surface area contributed by atoms with Gasteiger partial charge in [0.05, 0.1) is 24.3 Å². The molecule has 8 heteroatoms. The van der Waals surface area contributed by atoms with Gasteiger partial charge in [0.2, 0.25) is 5.91 Å². The lowest BCUT2D eigenvalue weighted by molar-refractivity contribution is -0.125. The Labute approximate surface area is 134 Å². The van der Waals surface area contributed by atoms with Crippen LogP contribution in [0.15, 0.2) is 23.1 Å². The zero-order valence-electron chi connectivity index (χ0n) is 13.4. The first-order valence-corrected chi connectivity index (χ1v) is 7.59. The van der Waals surface area contributed by atoms with Crippen molar-refractivity contribution in [3.05, 3.63) is 35.7 Å². The lowest BCUT2D eigenvalue weighted by Crippen LogP contribution is -2.44. The molecule has 0 aliphatic carbocycles. The number of imidazole rings is 1. The van der Waals surface area contributed by atoms with Crippen LogP contribution in [0.3, 0.4) is 0 Å². The average molecular weight is 319 g/mol. The third-order valence-corrected chi connectivity index (χ3v) is 3.87. The van der Waals surface area contributed by atoms with E-state index in [-0.39, 0.29) is 11.9 Å². The van der Waals surface area contributed by atoms with Crippen molar-refractivity contribution in [1.82, 2.24) is 24.9 Å². The highest BCUT2D eigenvalue weighted by molar-refractivity contribution is 5.80. The number of aromatic nitrogens is 3. The lowest BCUT2D eigenvalue weighted by Gasteiger charge is -2.33. The van der Waals surface area contributed by atoms with E-state index in [1.807, 2.05) is 17.6 Å². The van der Waals surface area contributed by atoms with Crippen molar-refractivity contribution in [1.29, 1.82) is 0 Å². The molecule has 0 saturated carbocycles. The molecule has 23 heavy (non-hydrogen) atoms. The maximum Gasteiger partial charge on any atom is 0.244 e. The molecule has 124 valence electrons. The number of hydrogen-bond acceptors (Lipinski definition) is 6. The van der Waals surface area contributed by atoms with Crippen molar-refractivity contribution in [2.75, 3.05) is 26.8 Å². The first-order chi connectivity index (χ1) is 11.2. The number of aryl methyl sites for hydroxylation is 1. The number of nitrogens with one attached hydrogen (secondary N) is 1. The van der Waals surface area contributed by atoms with Crippen molar-refractivity contribution in [3.63, 3.8) is 0 Å². The van der Waals surface area contributed by atoms with E-state index in [4.69, 9.17) is 9.26 Å². The Morgan fingerprint density at radius 1 is 1.57 bits per heavy atom. The molecule has 1 aliphatic rings. The summed E-state index contributed by atoms with van der Waals surface area (Å²) >= 11 is 0. The molecule has 0 aromatic carbocycles. The van der Waals surface area contributed by atoms with E-state index in [1.54, 1.807) is 19.6 Å². The summed E-state index contributed by atoms with van der Waals surface area (Å²) in [5, 5.41) is 6.93. The monoisotopic (exact) mass is 319 g/mol. The maximum atomic E-state index is 12.5. The van der Waals surface area contributed by atoms with Gasteiger partial charge in [0.25, 0.3) is 0 Å². The summed E-state index contributed by atoms with van der Waals surface area (Å²) in [5.41, 5.74) is 1.89. The number of fused-ring (bicyclic) bond motifs is 1. The predicted octanol–water partition coefficient (Wildman–Crippen LogP) is 0.499. The van der Waals surface area contributed by atoms with Gasteiger partial charge < -0.3 is 19.1 Å². The SMILES string of the molecule is COCCNC(=O)C1CN(Cc2cc(C)on2)Cc2cncn21. The predicted molar refractivity (Wildman–Crippen MR) is 81.5 cm³/mol. The molecular weight excluding hydrogens is 298 g/mol. The lowest BCUT2D eigenvalue weighted by atomic mass is 10.1. The third-order valence-electron chi connectivity index (χ3n) is 3.87. The van der Waals surface area contributed by atoms with Gasteiger partial charge in [-0.15, -0.1) is 0 Å². The number of rotatable bonds is 6. The van der Waals surface area contributed by atoms with Gasteiger partial charge in [-0.05, 0) is 6.92 Å². The minimum absolute atomic E-state index is 0.0256. The first-order valence-electron chi connectivity index (χ1n) is 7.59. The number of ether oxygens (including phenoxy) is 1. The second-order valence-corrected chi connectivity index (χ2v) is 5.69. The largest absolute Gasteiger partial charge is 0.383 e. The van der Waals surface area contributed by atoms with Crippen LogP contribution in [-0.2, 0) is 22.6 Å². The Hall–Kier alpha value is -2.19. The van der Waals surface area contributed by atoms with Gasteiger partial charge in [-0.1, -0.05) is 5.16 Å². The fourth-order valence-electron chi connectivity index (χ4n) is 2.81. The smallest absolute Gasteiger partial charge is 0.244 e. The van der Waals surface area contributed by atoms with Crippen LogP contribution in [0.5, 0.6) is 0 Å². The van der Waals surface area contributed by atoms with Crippen molar-refractivity contribution < 1.29 is 14.1 Å². The number of methoxy groups -OCH3 is 1. The summed E-state index contributed by atoms with van der Waals surface area (Å²) in [7, 11) is 1.61. The number of amides is 1. The average Bonchev–Trinajstić information content (AvgIpc) is 3.15. The van der Waals surface area contributed by atoms with E-state index in [0.717, 1.165) is 23.7 Å². The summed E-state index contributed by atoms with van der Waals surface area (Å²) < 4.78 is 12.0. The van der Waals surface area contributed by atoms with Gasteiger partial charge in [-0.3, -0.25) is 9.69 Å². The number of hydrogen-bond donors (Lipinski definition) is 1. The molecule has 0 saturated heterocycles. The van der Waals surface area contributed by atoms with E-state index in [2.05, 4.69) is 20.4 Å². The molecule has 1 aliphatic heterocycles. The molecular formula is C15H21N5O3. The topological polar surface area (TPSA) is 85.4 Å². The van der Waals surface area contributed by atoms with Gasteiger partial charge in [-0.2, -0.15) is 0 Å². The van der Waals surface area contributed by atoms with E-state index < -0.39 is 0 Å². The Kier molecular flexibility index (Phi) is 4.73. The maximum absolute atomic E-state index is 12.5. The number of carbonyl (C=O) groups is 1. The highest BCUT2D eigenvalue weighted by Gasteiger charge is 2.30. The van der Waals surface area contributed by atoms with Gasteiger partial charge in [0.15, 0.2) is 0 Å². The standard InChI is InChI=1S/C15H21N5O3/c1-11-5-12(18-23-11)7-19-8-13-6-16-10-20(13)14(9-19)15(21)17-3-4-22-2/h5-6,10,14H,3-4,7-9H2,1-2H3,(H,17,21). The molecule has 0 radical (unpaired) electrons. The summed E-state index contributed by atoms with van der Waals surface area (Å²) in [5.74, 6) is 0.762. The second kappa shape index (κ2) is 6.93. The summed E-state index contributed by atoms with van der Waals surface area (Å²) in [4.78, 5) is 18.8. The molecule has 1 N–H and O–H groups in total. The molecule has 2 aromatic heterocycles. The number of carbonyl (C=O) groups excluding carboxylic acids is 1. The number of nitrogens with zero attached hydrogens (tertiary/aromatic N) is 4. The van der Waals surface area contributed by atoms with E-state index in [1.165, 1.54) is 0 Å². The highest BCUT2D eigenvalue weighted by atomic mass is 16.5. The molecule has 3 heterocycles. The second-order valence-electron chi connectivity index (χ2n) is 5.69. The van der Waals surface area contributed by atoms with Crippen LogP contribution in [0.1, 0.15) is 23.2 Å². The third kappa shape index (κ3) is 3.59. The summed E-state index contributed by atoms with van der Waals surface area (Å²) in [6, 6.07) is 1.62. The van der Waals surface area contributed by atoms with Gasteiger partial charge in [-0.25, -0.2) is 4.98 Å². The van der Waals surface area contributed by atoms with Crippen molar-refractivity contribution in [3.8, 4) is 0 Å². The van der Waals surface area contributed by atoms with E-state index in [9.17, 15) is 4.79 Å². The molecule has 0 spiro atoms. The molecule has 2 aromatic rings. The Bertz CT molecular complexity index is 666. The van der Waals surface area contributed by atoms with Crippen LogP contribution >= 0.6 is 0 Å². The quantitative estimate of drug-likeness (QED) is 0.780. The molecule has 1 atom stereocenters. The zero-order valence-corrected chi connectivity index (χ0v) is 13.4. The molecule has 0 fully saturated rings. The van der Waals surface area contributed by atoms with Crippen LogP contribution in [-0.4, -0.2) is 52.3 Å². The molecule has 1 amide bonds. The van der Waals surface area contributed by atoms with Crippen LogP contribution in [0.25, 0.3) is 0 Å². The minimum Gasteiger partial charge on any atom is -0.383 e. The van der Waals surface area contributed by atoms with Crippen molar-refractivity contribution in [2.24, 2.45) is 0 Å². The molecule has 3 rings (SSSR count). The fourth-order valence-corrected chi connectivity index (χ4v) is 2.81. The van der Waals surface area contributed by atoms with Gasteiger partial charge in [0.1, 0.15) is 11.8 Å². The van der Waals surface area contributed by atoms with Crippen LogP contribution in [0, 0.1) is 6.92 Å². The Morgan fingerprint density at radius 3 is 3.17 bits per heavy atom. The van der Waals surface area contributed by atoms with Crippen LogP contribution in [0.4, 0.5) is 0 Å². The van der Waals surface area contributed by atoms with E-state index in [0.29, 0.717) is 26.2 Å². The highest BCUT2D eigenvalue weighted by Crippen LogP contribution is 2.22. The molecule has 1 unspecified atom stereocenters. The Balaban J connectivity index is 1.70. The Morgan fingerprint density at radius 2 is 2.43 bits per heavy atom. The van der Waals surface area contributed by atoms with E-state index >= 15 is 0 Å². The van der Waals surface area contributed by atoms with Crippen molar-refractivity contribution >= 4 is 5.91 Å². The van der Waals surface area contributed by atoms with Gasteiger partial charge in [0, 0.05) is 45.6 Å². The normalized spacial score (nSPS) is 17.9.